The Labute approximate surface area is 227 Å². The number of sulfonamides is 1. The van der Waals surface area contributed by atoms with Crippen molar-refractivity contribution in [3.8, 4) is 0 Å². The summed E-state index contributed by atoms with van der Waals surface area (Å²) in [4.78, 5) is 3.86. The normalized spacial score (nSPS) is 21.3. The van der Waals surface area contributed by atoms with Gasteiger partial charge in [0, 0.05) is 0 Å². The Morgan fingerprint density at radius 1 is 0.769 bits per heavy atom. The highest BCUT2D eigenvalue weighted by Gasteiger charge is 2.48. The summed E-state index contributed by atoms with van der Waals surface area (Å²) in [6.07, 6.45) is -1.32. The van der Waals surface area contributed by atoms with Crippen molar-refractivity contribution in [2.24, 2.45) is 5.14 Å². The van der Waals surface area contributed by atoms with E-state index < -0.39 is 39.7 Å². The molecule has 10 nitrogen and oxygen atoms in total. The topological polar surface area (TPSA) is 128 Å². The number of benzene rings is 3. The van der Waals surface area contributed by atoms with Crippen LogP contribution in [0.1, 0.15) is 22.9 Å². The molecule has 0 unspecified atom stereocenters. The molecule has 2 N–H and O–H groups in total. The molecule has 4 aromatic rings. The smallest absolute Gasteiger partial charge is 0.282 e. The van der Waals surface area contributed by atoms with Crippen LogP contribution in [0, 0.1) is 0 Å². The first-order chi connectivity index (χ1) is 19.0. The molecule has 1 aliphatic rings. The van der Waals surface area contributed by atoms with Crippen molar-refractivity contribution < 1.29 is 27.4 Å². The first kappa shape index (κ1) is 27.1. The van der Waals surface area contributed by atoms with E-state index in [0.29, 0.717) is 13.2 Å². The van der Waals surface area contributed by atoms with Gasteiger partial charge in [-0.3, -0.25) is 0 Å². The van der Waals surface area contributed by atoms with E-state index in [1.165, 1.54) is 11.0 Å². The molecule has 11 heteroatoms. The zero-order valence-electron chi connectivity index (χ0n) is 21.2. The highest BCUT2D eigenvalue weighted by atomic mass is 32.2. The molecule has 1 fully saturated rings. The number of hydrogen-bond donors (Lipinski definition) is 1. The number of primary sulfonamides is 1. The summed E-state index contributed by atoms with van der Waals surface area (Å²) in [5.41, 5.74) is 2.98. The fourth-order valence-corrected chi connectivity index (χ4v) is 4.75. The molecule has 4 atom stereocenters. The zero-order chi connectivity index (χ0) is 27.1. The summed E-state index contributed by atoms with van der Waals surface area (Å²) >= 11 is 0. The summed E-state index contributed by atoms with van der Waals surface area (Å²) in [5.74, 6) is 0. The van der Waals surface area contributed by atoms with E-state index in [0.717, 1.165) is 16.7 Å². The van der Waals surface area contributed by atoms with E-state index in [2.05, 4.69) is 10.1 Å². The van der Waals surface area contributed by atoms with Gasteiger partial charge in [0.05, 0.1) is 26.4 Å². The van der Waals surface area contributed by atoms with Gasteiger partial charge in [0.1, 0.15) is 24.6 Å². The number of aromatic nitrogens is 3. The van der Waals surface area contributed by atoms with Crippen molar-refractivity contribution in [2.75, 3.05) is 6.61 Å². The highest BCUT2D eigenvalue weighted by Crippen LogP contribution is 2.35. The maximum absolute atomic E-state index is 11.8. The minimum atomic E-state index is -4.10. The second-order valence-electron chi connectivity index (χ2n) is 9.14. The standard InChI is InChI=1S/C28H30N4O6S/c29-39(33,34)28-30-20-32(31-28)27-26(37-18-23-14-8-3-9-15-23)25(36-17-22-12-6-2-7-13-22)24(38-27)19-35-16-21-10-4-1-5-11-21/h1-15,20,24-27H,16-19H2,(H2,29,33,34)/t24-,25-,26+,27-/m1/s1. The second kappa shape index (κ2) is 12.6. The molecule has 1 aromatic heterocycles. The summed E-state index contributed by atoms with van der Waals surface area (Å²) in [5, 5.41) is 8.82. The molecule has 39 heavy (non-hydrogen) atoms. The molecule has 204 valence electrons. The van der Waals surface area contributed by atoms with Crippen molar-refractivity contribution in [1.29, 1.82) is 0 Å². The van der Waals surface area contributed by atoms with Gasteiger partial charge in [0.15, 0.2) is 6.23 Å². The molecule has 0 bridgehead atoms. The van der Waals surface area contributed by atoms with Gasteiger partial charge in [0.25, 0.3) is 15.2 Å². The van der Waals surface area contributed by atoms with Crippen LogP contribution in [-0.2, 0) is 48.8 Å². The van der Waals surface area contributed by atoms with Gasteiger partial charge >= 0.3 is 0 Å². The lowest BCUT2D eigenvalue weighted by Crippen LogP contribution is -2.38. The zero-order valence-corrected chi connectivity index (χ0v) is 22.0. The van der Waals surface area contributed by atoms with Crippen LogP contribution in [0.5, 0.6) is 0 Å². The van der Waals surface area contributed by atoms with Crippen LogP contribution < -0.4 is 5.14 Å². The molecular weight excluding hydrogens is 520 g/mol. The summed E-state index contributed by atoms with van der Waals surface area (Å²) in [6, 6.07) is 29.3. The summed E-state index contributed by atoms with van der Waals surface area (Å²) in [6.45, 7) is 1.21. The van der Waals surface area contributed by atoms with Gasteiger partial charge < -0.3 is 18.9 Å². The van der Waals surface area contributed by atoms with Gasteiger partial charge in [-0.1, -0.05) is 91.0 Å². The van der Waals surface area contributed by atoms with Crippen LogP contribution in [0.3, 0.4) is 0 Å². The van der Waals surface area contributed by atoms with Gasteiger partial charge in [-0.2, -0.15) is 0 Å². The van der Waals surface area contributed by atoms with Gasteiger partial charge in [-0.05, 0) is 16.7 Å². The Hall–Kier alpha value is -3.45. The van der Waals surface area contributed by atoms with Crippen molar-refractivity contribution >= 4 is 10.0 Å². The largest absolute Gasteiger partial charge is 0.374 e. The van der Waals surface area contributed by atoms with Gasteiger partial charge in [0.2, 0.25) is 0 Å². The van der Waals surface area contributed by atoms with Crippen molar-refractivity contribution in [1.82, 2.24) is 14.8 Å². The third-order valence-corrected chi connectivity index (χ3v) is 6.95. The third kappa shape index (κ3) is 7.15. The lowest BCUT2D eigenvalue weighted by molar-refractivity contribution is -0.0935. The number of nitrogens with zero attached hydrogens (tertiary/aromatic N) is 3. The van der Waals surface area contributed by atoms with Crippen LogP contribution in [0.15, 0.2) is 102 Å². The minimum Gasteiger partial charge on any atom is -0.374 e. The van der Waals surface area contributed by atoms with Gasteiger partial charge in [-0.15, -0.1) is 5.10 Å². The van der Waals surface area contributed by atoms with Crippen LogP contribution in [0.25, 0.3) is 0 Å². The Morgan fingerprint density at radius 2 is 1.28 bits per heavy atom. The van der Waals surface area contributed by atoms with E-state index in [4.69, 9.17) is 24.1 Å². The number of rotatable bonds is 12. The number of ether oxygens (including phenoxy) is 4. The molecule has 5 rings (SSSR count). The van der Waals surface area contributed by atoms with E-state index in [1.54, 1.807) is 0 Å². The maximum atomic E-state index is 11.8. The quantitative estimate of drug-likeness (QED) is 0.285. The average Bonchev–Trinajstić information content (AvgIpc) is 3.58. The molecule has 3 aromatic carbocycles. The number of hydrogen-bond acceptors (Lipinski definition) is 8. The predicted molar refractivity (Wildman–Crippen MR) is 141 cm³/mol. The lowest BCUT2D eigenvalue weighted by Gasteiger charge is -2.25. The fourth-order valence-electron chi connectivity index (χ4n) is 4.35. The Kier molecular flexibility index (Phi) is 8.77. The molecular formula is C28H30N4O6S. The van der Waals surface area contributed by atoms with Crippen LogP contribution in [-0.4, -0.2) is 48.1 Å². The van der Waals surface area contributed by atoms with Crippen molar-refractivity contribution in [2.45, 2.75) is 49.5 Å². The Bertz CT molecular complexity index is 1420. The van der Waals surface area contributed by atoms with Crippen LogP contribution >= 0.6 is 0 Å². The highest BCUT2D eigenvalue weighted by molar-refractivity contribution is 7.89. The van der Waals surface area contributed by atoms with E-state index in [9.17, 15) is 8.42 Å². The monoisotopic (exact) mass is 550 g/mol. The molecule has 1 aliphatic heterocycles. The van der Waals surface area contributed by atoms with Crippen molar-refractivity contribution in [3.63, 3.8) is 0 Å². The van der Waals surface area contributed by atoms with E-state index >= 15 is 0 Å². The molecule has 2 heterocycles. The molecule has 0 saturated carbocycles. The fraction of sp³-hybridized carbons (Fsp3) is 0.286. The minimum absolute atomic E-state index is 0.215. The Balaban J connectivity index is 1.40. The van der Waals surface area contributed by atoms with Crippen LogP contribution in [0.2, 0.25) is 0 Å². The molecule has 0 radical (unpaired) electrons. The third-order valence-electron chi connectivity index (χ3n) is 6.25. The summed E-state index contributed by atoms with van der Waals surface area (Å²) in [7, 11) is -4.10. The molecule has 0 amide bonds. The van der Waals surface area contributed by atoms with Crippen molar-refractivity contribution in [3.05, 3.63) is 114 Å². The van der Waals surface area contributed by atoms with E-state index in [1.807, 2.05) is 91.0 Å². The molecule has 1 saturated heterocycles. The SMILES string of the molecule is NS(=O)(=O)c1ncn([C@@H]2O[C@H](COCc3ccccc3)[C@@H](OCc3ccccc3)[C@@H]2OCc2ccccc2)n1. The summed E-state index contributed by atoms with van der Waals surface area (Å²) < 4.78 is 50.1. The van der Waals surface area contributed by atoms with Crippen LogP contribution in [0.4, 0.5) is 0 Å². The second-order valence-corrected chi connectivity index (χ2v) is 10.6. The molecule has 0 aliphatic carbocycles. The first-order valence-corrected chi connectivity index (χ1v) is 14.0. The van der Waals surface area contributed by atoms with E-state index in [-0.39, 0.29) is 13.2 Å². The van der Waals surface area contributed by atoms with Gasteiger partial charge in [-0.25, -0.2) is 23.2 Å². The Morgan fingerprint density at radius 3 is 1.79 bits per heavy atom. The maximum Gasteiger partial charge on any atom is 0.282 e. The molecule has 0 spiro atoms. The predicted octanol–water partition coefficient (Wildman–Crippen LogP) is 3.21. The first-order valence-electron chi connectivity index (χ1n) is 12.5. The number of nitrogens with two attached hydrogens (primary N) is 1. The average molecular weight is 551 g/mol. The lowest BCUT2D eigenvalue weighted by atomic mass is 10.1.